The average molecular weight is 426 g/mol. The van der Waals surface area contributed by atoms with Gasteiger partial charge in [-0.2, -0.15) is 0 Å². The van der Waals surface area contributed by atoms with E-state index in [0.717, 1.165) is 22.3 Å². The minimum atomic E-state index is -3.74. The highest BCUT2D eigenvalue weighted by atomic mass is 35.5. The van der Waals surface area contributed by atoms with Crippen LogP contribution in [0.1, 0.15) is 0 Å². The van der Waals surface area contributed by atoms with Crippen molar-refractivity contribution in [2.75, 3.05) is 48.2 Å². The van der Waals surface area contributed by atoms with Gasteiger partial charge in [-0.25, -0.2) is 12.8 Å². The summed E-state index contributed by atoms with van der Waals surface area (Å²) in [6, 6.07) is 13.5. The Morgan fingerprint density at radius 2 is 1.75 bits per heavy atom. The topological polar surface area (TPSA) is 60.9 Å². The lowest BCUT2D eigenvalue weighted by molar-refractivity contribution is -0.129. The highest BCUT2D eigenvalue weighted by Crippen LogP contribution is 2.24. The summed E-state index contributed by atoms with van der Waals surface area (Å²) in [5, 5.41) is -0.199. The summed E-state index contributed by atoms with van der Waals surface area (Å²) in [6.07, 6.45) is 1.00. The molecule has 0 aliphatic carbocycles. The van der Waals surface area contributed by atoms with Gasteiger partial charge in [0.05, 0.1) is 17.0 Å². The fourth-order valence-electron chi connectivity index (χ4n) is 3.12. The number of sulfonamides is 1. The molecule has 6 nitrogen and oxygen atoms in total. The lowest BCUT2D eigenvalue weighted by atomic mass is 10.2. The molecule has 9 heteroatoms. The van der Waals surface area contributed by atoms with Crippen molar-refractivity contribution in [2.24, 2.45) is 0 Å². The van der Waals surface area contributed by atoms with Gasteiger partial charge in [0.25, 0.3) is 0 Å². The van der Waals surface area contributed by atoms with Crippen molar-refractivity contribution in [3.63, 3.8) is 0 Å². The van der Waals surface area contributed by atoms with Crippen LogP contribution in [0.5, 0.6) is 0 Å². The first-order chi connectivity index (χ1) is 13.3. The second kappa shape index (κ2) is 8.36. The van der Waals surface area contributed by atoms with Crippen LogP contribution in [0.3, 0.4) is 0 Å². The molecule has 0 aromatic heterocycles. The van der Waals surface area contributed by atoms with Crippen LogP contribution >= 0.6 is 11.6 Å². The molecule has 3 rings (SSSR count). The Morgan fingerprint density at radius 1 is 1.11 bits per heavy atom. The molecule has 0 atom stereocenters. The highest BCUT2D eigenvalue weighted by molar-refractivity contribution is 7.92. The number of halogens is 2. The molecule has 1 saturated heterocycles. The molecule has 0 radical (unpaired) electrons. The number of amides is 1. The van der Waals surface area contributed by atoms with Gasteiger partial charge in [0.15, 0.2) is 0 Å². The molecule has 150 valence electrons. The predicted octanol–water partition coefficient (Wildman–Crippen LogP) is 2.59. The van der Waals surface area contributed by atoms with Gasteiger partial charge >= 0.3 is 0 Å². The SMILES string of the molecule is CS(=O)(=O)N(CC(=O)N1CCN(c2ccccc2)CC1)c1ccc(F)c(Cl)c1. The van der Waals surface area contributed by atoms with Crippen molar-refractivity contribution in [1.82, 2.24) is 4.90 Å². The molecule has 2 aromatic carbocycles. The smallest absolute Gasteiger partial charge is 0.243 e. The highest BCUT2D eigenvalue weighted by Gasteiger charge is 2.27. The van der Waals surface area contributed by atoms with Gasteiger partial charge in [-0.05, 0) is 30.3 Å². The van der Waals surface area contributed by atoms with Gasteiger partial charge in [0.2, 0.25) is 15.9 Å². The van der Waals surface area contributed by atoms with Crippen LogP contribution in [-0.4, -0.2) is 58.2 Å². The summed E-state index contributed by atoms with van der Waals surface area (Å²) in [5.74, 6) is -0.958. The summed E-state index contributed by atoms with van der Waals surface area (Å²) in [5.41, 5.74) is 1.25. The number of hydrogen-bond acceptors (Lipinski definition) is 4. The van der Waals surface area contributed by atoms with Crippen molar-refractivity contribution in [2.45, 2.75) is 0 Å². The van der Waals surface area contributed by atoms with E-state index in [0.29, 0.717) is 26.2 Å². The number of carbonyl (C=O) groups excluding carboxylic acids is 1. The van der Waals surface area contributed by atoms with Crippen molar-refractivity contribution in [3.05, 3.63) is 59.4 Å². The first-order valence-electron chi connectivity index (χ1n) is 8.76. The molecule has 2 aromatic rings. The van der Waals surface area contributed by atoms with E-state index >= 15 is 0 Å². The van der Waals surface area contributed by atoms with E-state index in [1.165, 1.54) is 12.1 Å². The summed E-state index contributed by atoms with van der Waals surface area (Å²) in [6.45, 7) is 1.96. The normalized spacial score (nSPS) is 14.8. The molecular weight excluding hydrogens is 405 g/mol. The second-order valence-corrected chi connectivity index (χ2v) is 8.89. The number of anilines is 2. The molecule has 0 N–H and O–H groups in total. The van der Waals surface area contributed by atoms with E-state index in [1.54, 1.807) is 4.90 Å². The maximum atomic E-state index is 13.4. The van der Waals surface area contributed by atoms with Crippen LogP contribution in [0.15, 0.2) is 48.5 Å². The molecular formula is C19H21ClFN3O3S. The van der Waals surface area contributed by atoms with E-state index in [1.807, 2.05) is 30.3 Å². The van der Waals surface area contributed by atoms with Gasteiger partial charge in [0.1, 0.15) is 12.4 Å². The standard InChI is InChI=1S/C19H21ClFN3O3S/c1-28(26,27)24(16-7-8-18(21)17(20)13-16)14-19(25)23-11-9-22(10-12-23)15-5-3-2-4-6-15/h2-8,13H,9-12,14H2,1H3. The Hall–Kier alpha value is -2.32. The van der Waals surface area contributed by atoms with Crippen LogP contribution < -0.4 is 9.21 Å². The molecule has 1 aliphatic rings. The third-order valence-corrected chi connectivity index (χ3v) is 6.05. The third kappa shape index (κ3) is 4.74. The Bertz CT molecular complexity index is 948. The quantitative estimate of drug-likeness (QED) is 0.738. The molecule has 0 saturated carbocycles. The molecule has 1 amide bonds. The summed E-state index contributed by atoms with van der Waals surface area (Å²) < 4.78 is 38.7. The van der Waals surface area contributed by atoms with E-state index < -0.39 is 15.8 Å². The Balaban J connectivity index is 1.68. The van der Waals surface area contributed by atoms with Crippen LogP contribution in [0.4, 0.5) is 15.8 Å². The van der Waals surface area contributed by atoms with Crippen molar-refractivity contribution in [3.8, 4) is 0 Å². The lowest BCUT2D eigenvalue weighted by Crippen LogP contribution is -2.52. The maximum absolute atomic E-state index is 13.4. The third-order valence-electron chi connectivity index (χ3n) is 4.62. The average Bonchev–Trinajstić information content (AvgIpc) is 2.68. The zero-order valence-corrected chi connectivity index (χ0v) is 17.0. The number of para-hydroxylation sites is 1. The van der Waals surface area contributed by atoms with Crippen LogP contribution in [0.2, 0.25) is 5.02 Å². The lowest BCUT2D eigenvalue weighted by Gasteiger charge is -2.37. The number of rotatable bonds is 5. The van der Waals surface area contributed by atoms with Crippen LogP contribution in [0, 0.1) is 5.82 Å². The summed E-state index contributed by atoms with van der Waals surface area (Å²) in [4.78, 5) is 16.5. The number of carbonyl (C=O) groups is 1. The second-order valence-electron chi connectivity index (χ2n) is 6.57. The first kappa shape index (κ1) is 20.4. The van der Waals surface area contributed by atoms with Gasteiger partial charge in [0, 0.05) is 31.9 Å². The van der Waals surface area contributed by atoms with Crippen molar-refractivity contribution < 1.29 is 17.6 Å². The molecule has 0 spiro atoms. The zero-order chi connectivity index (χ0) is 20.3. The molecule has 1 heterocycles. The molecule has 0 unspecified atom stereocenters. The number of nitrogens with zero attached hydrogens (tertiary/aromatic N) is 3. The minimum absolute atomic E-state index is 0.158. The summed E-state index contributed by atoms with van der Waals surface area (Å²) in [7, 11) is -3.74. The molecule has 1 aliphatic heterocycles. The van der Waals surface area contributed by atoms with E-state index in [4.69, 9.17) is 11.6 Å². The Labute approximate surface area is 169 Å². The van der Waals surface area contributed by atoms with Gasteiger partial charge in [-0.15, -0.1) is 0 Å². The molecule has 28 heavy (non-hydrogen) atoms. The minimum Gasteiger partial charge on any atom is -0.368 e. The van der Waals surface area contributed by atoms with Crippen molar-refractivity contribution in [1.29, 1.82) is 0 Å². The van der Waals surface area contributed by atoms with Crippen LogP contribution in [-0.2, 0) is 14.8 Å². The van der Waals surface area contributed by atoms with E-state index in [-0.39, 0.29) is 23.2 Å². The zero-order valence-electron chi connectivity index (χ0n) is 15.4. The number of benzene rings is 2. The predicted molar refractivity (Wildman–Crippen MR) is 109 cm³/mol. The Kier molecular flexibility index (Phi) is 6.10. The summed E-state index contributed by atoms with van der Waals surface area (Å²) >= 11 is 5.77. The van der Waals surface area contributed by atoms with E-state index in [9.17, 15) is 17.6 Å². The first-order valence-corrected chi connectivity index (χ1v) is 11.0. The Morgan fingerprint density at radius 3 is 2.32 bits per heavy atom. The van der Waals surface area contributed by atoms with Gasteiger partial charge in [-0.3, -0.25) is 9.10 Å². The number of piperazine rings is 1. The monoisotopic (exact) mass is 425 g/mol. The fraction of sp³-hybridized carbons (Fsp3) is 0.316. The largest absolute Gasteiger partial charge is 0.368 e. The number of hydrogen-bond donors (Lipinski definition) is 0. The van der Waals surface area contributed by atoms with Gasteiger partial charge in [-0.1, -0.05) is 29.8 Å². The maximum Gasteiger partial charge on any atom is 0.243 e. The van der Waals surface area contributed by atoms with E-state index in [2.05, 4.69) is 4.90 Å². The van der Waals surface area contributed by atoms with Crippen LogP contribution in [0.25, 0.3) is 0 Å². The van der Waals surface area contributed by atoms with Gasteiger partial charge < -0.3 is 9.80 Å². The molecule has 0 bridgehead atoms. The van der Waals surface area contributed by atoms with Crippen molar-refractivity contribution >= 4 is 38.9 Å². The fourth-order valence-corrected chi connectivity index (χ4v) is 4.13. The molecule has 1 fully saturated rings.